The lowest BCUT2D eigenvalue weighted by Gasteiger charge is -2.41. The number of carboxylic acid groups (broad SMARTS) is 1. The van der Waals surface area contributed by atoms with Gasteiger partial charge in [0.05, 0.1) is 11.8 Å². The van der Waals surface area contributed by atoms with Gasteiger partial charge in [-0.1, -0.05) is 5.10 Å². The highest BCUT2D eigenvalue weighted by atomic mass is 16.6. The van der Waals surface area contributed by atoms with E-state index >= 15 is 0 Å². The number of aromatic nitrogens is 2. The van der Waals surface area contributed by atoms with Gasteiger partial charge in [0.2, 0.25) is 0 Å². The lowest BCUT2D eigenvalue weighted by molar-refractivity contribution is -0.390. The summed E-state index contributed by atoms with van der Waals surface area (Å²) in [6.07, 6.45) is 1.59. The first-order valence-corrected chi connectivity index (χ1v) is 4.64. The van der Waals surface area contributed by atoms with E-state index in [1.54, 1.807) is 0 Å². The molecule has 1 fully saturated rings. The first-order chi connectivity index (χ1) is 7.47. The van der Waals surface area contributed by atoms with Crippen molar-refractivity contribution in [3.8, 4) is 0 Å². The Labute approximate surface area is 89.6 Å². The molecule has 0 aromatic carbocycles. The summed E-state index contributed by atoms with van der Waals surface area (Å²) < 4.78 is 0. The summed E-state index contributed by atoms with van der Waals surface area (Å²) in [5, 5.41) is 25.6. The minimum Gasteiger partial charge on any atom is -0.481 e. The fraction of sp³-hybridized carbons (Fsp3) is 0.500. The highest BCUT2D eigenvalue weighted by Gasteiger charge is 2.54. The van der Waals surface area contributed by atoms with E-state index in [1.165, 1.54) is 6.20 Å². The van der Waals surface area contributed by atoms with Crippen molar-refractivity contribution in [3.05, 3.63) is 21.9 Å². The second-order valence-corrected chi connectivity index (χ2v) is 3.94. The van der Waals surface area contributed by atoms with Crippen molar-refractivity contribution in [2.24, 2.45) is 5.73 Å². The highest BCUT2D eigenvalue weighted by Crippen LogP contribution is 2.45. The van der Waals surface area contributed by atoms with Gasteiger partial charge < -0.3 is 21.0 Å². The third-order valence-electron chi connectivity index (χ3n) is 2.95. The van der Waals surface area contributed by atoms with E-state index in [0.717, 1.165) is 0 Å². The standard InChI is InChI=1S/C8H10N4O4/c9-4-1-8(2-4,7(13)14)5-3-10-11-6(5)12(15)16/h3-4H,1-2,9H2,(H,10,11)(H,13,14). The van der Waals surface area contributed by atoms with Crippen LogP contribution in [0.1, 0.15) is 18.4 Å². The molecule has 1 aliphatic rings. The zero-order valence-electron chi connectivity index (χ0n) is 8.21. The molecule has 4 N–H and O–H groups in total. The SMILES string of the molecule is NC1CC(C(=O)O)(c2cn[nH]c2[N+](=O)[O-])C1. The average molecular weight is 226 g/mol. The van der Waals surface area contributed by atoms with E-state index in [-0.39, 0.29) is 30.3 Å². The number of nitro groups is 1. The van der Waals surface area contributed by atoms with Gasteiger partial charge >= 0.3 is 11.8 Å². The Morgan fingerprint density at radius 2 is 2.38 bits per heavy atom. The van der Waals surface area contributed by atoms with Crippen LogP contribution in [0.5, 0.6) is 0 Å². The number of H-pyrrole nitrogens is 1. The van der Waals surface area contributed by atoms with Crippen LogP contribution in [0.25, 0.3) is 0 Å². The van der Waals surface area contributed by atoms with E-state index in [0.29, 0.717) is 0 Å². The Morgan fingerprint density at radius 1 is 1.75 bits per heavy atom. The molecule has 0 spiro atoms. The van der Waals surface area contributed by atoms with E-state index in [1.807, 2.05) is 0 Å². The Morgan fingerprint density at radius 3 is 2.81 bits per heavy atom. The van der Waals surface area contributed by atoms with Gasteiger partial charge in [0.25, 0.3) is 0 Å². The average Bonchev–Trinajstić information content (AvgIpc) is 2.60. The topological polar surface area (TPSA) is 135 Å². The molecule has 1 aromatic heterocycles. The lowest BCUT2D eigenvalue weighted by atomic mass is 9.62. The van der Waals surface area contributed by atoms with Crippen LogP contribution in [0.4, 0.5) is 5.82 Å². The Kier molecular flexibility index (Phi) is 2.16. The molecular weight excluding hydrogens is 216 g/mol. The van der Waals surface area contributed by atoms with Crippen LogP contribution < -0.4 is 5.73 Å². The monoisotopic (exact) mass is 226 g/mol. The highest BCUT2D eigenvalue weighted by molar-refractivity contribution is 5.84. The molecule has 8 heteroatoms. The zero-order chi connectivity index (χ0) is 11.9. The molecule has 0 saturated heterocycles. The van der Waals surface area contributed by atoms with Crippen molar-refractivity contribution < 1.29 is 14.8 Å². The summed E-state index contributed by atoms with van der Waals surface area (Å²) in [7, 11) is 0. The predicted octanol–water partition coefficient (Wildman–Crippen LogP) is -0.239. The zero-order valence-corrected chi connectivity index (χ0v) is 8.21. The summed E-state index contributed by atoms with van der Waals surface area (Å²) >= 11 is 0. The fourth-order valence-electron chi connectivity index (χ4n) is 2.11. The number of nitrogens with two attached hydrogens (primary N) is 1. The molecule has 1 heterocycles. The van der Waals surface area contributed by atoms with Crippen molar-refractivity contribution in [3.63, 3.8) is 0 Å². The molecule has 0 aliphatic heterocycles. The Hall–Kier alpha value is -1.96. The molecule has 1 aliphatic carbocycles. The molecule has 0 atom stereocenters. The summed E-state index contributed by atoms with van der Waals surface area (Å²) in [6.45, 7) is 0. The van der Waals surface area contributed by atoms with Crippen LogP contribution in [0.15, 0.2) is 6.20 Å². The van der Waals surface area contributed by atoms with Crippen molar-refractivity contribution >= 4 is 11.8 Å². The normalized spacial score (nSPS) is 28.4. The largest absolute Gasteiger partial charge is 0.481 e. The Bertz CT molecular complexity index is 449. The fourth-order valence-corrected chi connectivity index (χ4v) is 2.11. The maximum absolute atomic E-state index is 11.2. The minimum absolute atomic E-state index is 0.103. The van der Waals surface area contributed by atoms with Crippen LogP contribution in [-0.2, 0) is 10.2 Å². The van der Waals surface area contributed by atoms with Crippen molar-refractivity contribution in [1.29, 1.82) is 0 Å². The molecule has 0 unspecified atom stereocenters. The van der Waals surface area contributed by atoms with E-state index < -0.39 is 16.3 Å². The van der Waals surface area contributed by atoms with Gasteiger partial charge in [-0.3, -0.25) is 4.79 Å². The first kappa shape index (κ1) is 10.6. The van der Waals surface area contributed by atoms with Crippen LogP contribution in [-0.4, -0.2) is 32.2 Å². The van der Waals surface area contributed by atoms with Crippen molar-refractivity contribution in [2.45, 2.75) is 24.3 Å². The van der Waals surface area contributed by atoms with Crippen LogP contribution >= 0.6 is 0 Å². The van der Waals surface area contributed by atoms with Crippen LogP contribution in [0.3, 0.4) is 0 Å². The summed E-state index contributed by atoms with van der Waals surface area (Å²) in [6, 6.07) is -0.231. The number of aromatic amines is 1. The van der Waals surface area contributed by atoms with Gasteiger partial charge in [0, 0.05) is 6.04 Å². The van der Waals surface area contributed by atoms with Crippen LogP contribution in [0, 0.1) is 10.1 Å². The molecule has 16 heavy (non-hydrogen) atoms. The summed E-state index contributed by atoms with van der Waals surface area (Å²) in [4.78, 5) is 21.2. The van der Waals surface area contributed by atoms with Gasteiger partial charge in [0.1, 0.15) is 5.41 Å². The second-order valence-electron chi connectivity index (χ2n) is 3.94. The molecule has 8 nitrogen and oxygen atoms in total. The number of aliphatic carboxylic acids is 1. The van der Waals surface area contributed by atoms with Gasteiger partial charge in [-0.05, 0) is 17.8 Å². The molecule has 2 rings (SSSR count). The maximum Gasteiger partial charge on any atom is 0.346 e. The smallest absolute Gasteiger partial charge is 0.346 e. The van der Waals surface area contributed by atoms with Crippen molar-refractivity contribution in [1.82, 2.24) is 10.2 Å². The molecule has 0 bridgehead atoms. The molecular formula is C8H10N4O4. The number of rotatable bonds is 3. The molecule has 1 aromatic rings. The second kappa shape index (κ2) is 3.27. The molecule has 0 radical (unpaired) electrons. The van der Waals surface area contributed by atoms with Gasteiger partial charge in [-0.2, -0.15) is 0 Å². The quantitative estimate of drug-likeness (QED) is 0.480. The van der Waals surface area contributed by atoms with E-state index in [9.17, 15) is 14.9 Å². The molecule has 86 valence electrons. The number of carbonyl (C=O) groups is 1. The van der Waals surface area contributed by atoms with Gasteiger partial charge in [0.15, 0.2) is 0 Å². The number of hydrogen-bond acceptors (Lipinski definition) is 5. The third kappa shape index (κ3) is 1.27. The maximum atomic E-state index is 11.2. The number of nitrogens with one attached hydrogen (secondary N) is 1. The number of carboxylic acids is 1. The molecule has 0 amide bonds. The first-order valence-electron chi connectivity index (χ1n) is 4.64. The van der Waals surface area contributed by atoms with E-state index in [4.69, 9.17) is 10.8 Å². The van der Waals surface area contributed by atoms with Crippen molar-refractivity contribution in [2.75, 3.05) is 0 Å². The third-order valence-corrected chi connectivity index (χ3v) is 2.95. The summed E-state index contributed by atoms with van der Waals surface area (Å²) in [5.41, 5.74) is 4.41. The number of hydrogen-bond donors (Lipinski definition) is 3. The Balaban J connectivity index is 2.45. The minimum atomic E-state index is -1.26. The van der Waals surface area contributed by atoms with Gasteiger partial charge in [-0.25, -0.2) is 0 Å². The lowest BCUT2D eigenvalue weighted by Crippen LogP contribution is -2.54. The van der Waals surface area contributed by atoms with Crippen LogP contribution in [0.2, 0.25) is 0 Å². The van der Waals surface area contributed by atoms with Gasteiger partial charge in [-0.15, -0.1) is 5.10 Å². The molecule has 1 saturated carbocycles. The van der Waals surface area contributed by atoms with E-state index in [2.05, 4.69) is 10.2 Å². The predicted molar refractivity (Wildman–Crippen MR) is 51.8 cm³/mol. The summed E-state index contributed by atoms with van der Waals surface area (Å²) in [5.74, 6) is -1.46. The number of nitrogens with zero attached hydrogens (tertiary/aromatic N) is 2.